The van der Waals surface area contributed by atoms with Gasteiger partial charge in [-0.25, -0.2) is 9.78 Å². The molecule has 3 N–H and O–H groups in total. The molecule has 1 unspecified atom stereocenters. The lowest BCUT2D eigenvalue weighted by Crippen LogP contribution is -2.37. The smallest absolute Gasteiger partial charge is 0.315 e. The number of fused-ring (bicyclic) bond motifs is 1. The lowest BCUT2D eigenvalue weighted by atomic mass is 10.1. The molecule has 0 bridgehead atoms. The van der Waals surface area contributed by atoms with Crippen LogP contribution in [0.4, 0.5) is 4.79 Å². The van der Waals surface area contributed by atoms with Crippen molar-refractivity contribution in [3.8, 4) is 5.75 Å². The van der Waals surface area contributed by atoms with E-state index in [1.807, 2.05) is 68.7 Å². The molecule has 1 aromatic heterocycles. The molecule has 0 fully saturated rings. The minimum atomic E-state index is -0.819. The first-order valence-electron chi connectivity index (χ1n) is 11.4. The number of amides is 2. The predicted molar refractivity (Wildman–Crippen MR) is 133 cm³/mol. The van der Waals surface area contributed by atoms with Crippen LogP contribution >= 0.6 is 0 Å². The number of aromatic nitrogens is 2. The summed E-state index contributed by atoms with van der Waals surface area (Å²) in [6.07, 6.45) is 1.09. The third-order valence-electron chi connectivity index (χ3n) is 5.43. The van der Waals surface area contributed by atoms with Crippen molar-refractivity contribution in [1.82, 2.24) is 20.2 Å². The summed E-state index contributed by atoms with van der Waals surface area (Å²) < 4.78 is 7.78. The van der Waals surface area contributed by atoms with E-state index < -0.39 is 6.10 Å². The van der Waals surface area contributed by atoms with Crippen LogP contribution in [-0.2, 0) is 13.1 Å². The Bertz CT molecular complexity index is 1230. The molecule has 3 aromatic carbocycles. The Labute approximate surface area is 199 Å². The number of ether oxygens (including phenoxy) is 1. The first kappa shape index (κ1) is 23.3. The van der Waals surface area contributed by atoms with E-state index in [2.05, 4.69) is 38.4 Å². The van der Waals surface area contributed by atoms with Crippen LogP contribution in [0.25, 0.3) is 11.0 Å². The molecule has 7 nitrogen and oxygen atoms in total. The molecule has 176 valence electrons. The van der Waals surface area contributed by atoms with Gasteiger partial charge in [0.1, 0.15) is 5.75 Å². The average molecular weight is 459 g/mol. The fourth-order valence-electron chi connectivity index (χ4n) is 3.71. The molecule has 0 saturated heterocycles. The SMILES string of the molecule is CC(C)Oc1cccc(C(O)CNC(=O)NCc2ccc(Cn3cnc4ccccc43)cc2)c1. The number of imidazole rings is 1. The van der Waals surface area contributed by atoms with E-state index in [0.29, 0.717) is 17.9 Å². The molecule has 0 aliphatic rings. The molecule has 1 heterocycles. The molecule has 1 atom stereocenters. The van der Waals surface area contributed by atoms with E-state index in [9.17, 15) is 9.90 Å². The molecule has 4 rings (SSSR count). The number of hydrogen-bond acceptors (Lipinski definition) is 4. The van der Waals surface area contributed by atoms with Gasteiger partial charge in [0.2, 0.25) is 0 Å². The van der Waals surface area contributed by atoms with Gasteiger partial charge >= 0.3 is 6.03 Å². The van der Waals surface area contributed by atoms with Crippen molar-refractivity contribution in [2.24, 2.45) is 0 Å². The van der Waals surface area contributed by atoms with Crippen LogP contribution in [0.15, 0.2) is 79.1 Å². The van der Waals surface area contributed by atoms with Gasteiger partial charge in [-0.05, 0) is 54.8 Å². The van der Waals surface area contributed by atoms with Crippen molar-refractivity contribution in [2.45, 2.75) is 39.1 Å². The third-order valence-corrected chi connectivity index (χ3v) is 5.43. The number of aliphatic hydroxyl groups is 1. The number of hydrogen-bond donors (Lipinski definition) is 3. The number of aliphatic hydroxyl groups excluding tert-OH is 1. The number of benzene rings is 3. The Morgan fingerprint density at radius 2 is 1.76 bits per heavy atom. The fourth-order valence-corrected chi connectivity index (χ4v) is 3.71. The maximum Gasteiger partial charge on any atom is 0.315 e. The summed E-state index contributed by atoms with van der Waals surface area (Å²) in [6.45, 7) is 5.13. The molecule has 0 saturated carbocycles. The number of urea groups is 1. The van der Waals surface area contributed by atoms with Gasteiger partial charge in [-0.3, -0.25) is 0 Å². The highest BCUT2D eigenvalue weighted by molar-refractivity contribution is 5.75. The zero-order valence-electron chi connectivity index (χ0n) is 19.4. The minimum absolute atomic E-state index is 0.0520. The van der Waals surface area contributed by atoms with Gasteiger partial charge in [0.05, 0.1) is 29.6 Å². The number of rotatable bonds is 9. The van der Waals surface area contributed by atoms with Crippen LogP contribution in [0.3, 0.4) is 0 Å². The highest BCUT2D eigenvalue weighted by Gasteiger charge is 2.11. The zero-order valence-corrected chi connectivity index (χ0v) is 19.4. The van der Waals surface area contributed by atoms with Gasteiger partial charge in [0.15, 0.2) is 0 Å². The molecule has 2 amide bonds. The average Bonchev–Trinajstić information content (AvgIpc) is 3.24. The van der Waals surface area contributed by atoms with Crippen LogP contribution in [0, 0.1) is 0 Å². The second-order valence-corrected chi connectivity index (χ2v) is 8.50. The summed E-state index contributed by atoms with van der Waals surface area (Å²) in [5.41, 5.74) is 4.93. The summed E-state index contributed by atoms with van der Waals surface area (Å²) in [4.78, 5) is 16.6. The lowest BCUT2D eigenvalue weighted by molar-refractivity contribution is 0.172. The molecule has 0 aliphatic carbocycles. The first-order chi connectivity index (χ1) is 16.5. The van der Waals surface area contributed by atoms with Crippen molar-refractivity contribution in [3.05, 3.63) is 95.8 Å². The Morgan fingerprint density at radius 1 is 1.00 bits per heavy atom. The van der Waals surface area contributed by atoms with Gasteiger partial charge < -0.3 is 25.0 Å². The summed E-state index contributed by atoms with van der Waals surface area (Å²) in [5.74, 6) is 0.695. The minimum Gasteiger partial charge on any atom is -0.491 e. The molecular weight excluding hydrogens is 428 g/mol. The van der Waals surface area contributed by atoms with Crippen molar-refractivity contribution in [1.29, 1.82) is 0 Å². The Hall–Kier alpha value is -3.84. The first-order valence-corrected chi connectivity index (χ1v) is 11.4. The molecular formula is C27H30N4O3. The highest BCUT2D eigenvalue weighted by Crippen LogP contribution is 2.20. The number of carbonyl (C=O) groups excluding carboxylic acids is 1. The van der Waals surface area contributed by atoms with Crippen molar-refractivity contribution >= 4 is 17.1 Å². The van der Waals surface area contributed by atoms with Crippen LogP contribution in [-0.4, -0.2) is 33.3 Å². The Kier molecular flexibility index (Phi) is 7.44. The summed E-state index contributed by atoms with van der Waals surface area (Å²) in [5, 5.41) is 16.0. The van der Waals surface area contributed by atoms with E-state index in [-0.39, 0.29) is 18.7 Å². The van der Waals surface area contributed by atoms with E-state index in [1.165, 1.54) is 0 Å². The van der Waals surface area contributed by atoms with E-state index in [1.54, 1.807) is 6.07 Å². The molecule has 0 aliphatic heterocycles. The molecule has 7 heteroatoms. The largest absolute Gasteiger partial charge is 0.491 e. The van der Waals surface area contributed by atoms with Gasteiger partial charge in [0, 0.05) is 19.6 Å². The quantitative estimate of drug-likeness (QED) is 0.347. The van der Waals surface area contributed by atoms with E-state index >= 15 is 0 Å². The van der Waals surface area contributed by atoms with Crippen LogP contribution in [0.2, 0.25) is 0 Å². The normalized spacial score (nSPS) is 12.0. The number of para-hydroxylation sites is 2. The van der Waals surface area contributed by atoms with Gasteiger partial charge in [0.25, 0.3) is 0 Å². The van der Waals surface area contributed by atoms with Crippen LogP contribution in [0.5, 0.6) is 5.75 Å². The van der Waals surface area contributed by atoms with Crippen LogP contribution < -0.4 is 15.4 Å². The van der Waals surface area contributed by atoms with E-state index in [4.69, 9.17) is 4.74 Å². The lowest BCUT2D eigenvalue weighted by Gasteiger charge is -2.15. The summed E-state index contributed by atoms with van der Waals surface area (Å²) in [7, 11) is 0. The Balaban J connectivity index is 1.24. The molecule has 0 radical (unpaired) electrons. The predicted octanol–water partition coefficient (Wildman–Crippen LogP) is 4.40. The van der Waals surface area contributed by atoms with E-state index in [0.717, 1.165) is 28.7 Å². The van der Waals surface area contributed by atoms with Crippen molar-refractivity contribution in [3.63, 3.8) is 0 Å². The second kappa shape index (κ2) is 10.9. The van der Waals surface area contributed by atoms with Gasteiger partial charge in [-0.15, -0.1) is 0 Å². The van der Waals surface area contributed by atoms with Gasteiger partial charge in [-0.1, -0.05) is 48.5 Å². The summed E-state index contributed by atoms with van der Waals surface area (Å²) in [6, 6.07) is 23.1. The number of nitrogens with one attached hydrogen (secondary N) is 2. The summed E-state index contributed by atoms with van der Waals surface area (Å²) >= 11 is 0. The maximum atomic E-state index is 12.2. The monoisotopic (exact) mass is 458 g/mol. The fraction of sp³-hybridized carbons (Fsp3) is 0.259. The molecule has 4 aromatic rings. The maximum absolute atomic E-state index is 12.2. The topological polar surface area (TPSA) is 88.4 Å². The second-order valence-electron chi connectivity index (χ2n) is 8.50. The van der Waals surface area contributed by atoms with Crippen molar-refractivity contribution in [2.75, 3.05) is 6.54 Å². The molecule has 34 heavy (non-hydrogen) atoms. The standard InChI is InChI=1S/C27H30N4O3/c1-19(2)34-23-7-5-6-22(14-23)26(32)16-29-27(33)28-15-20-10-12-21(13-11-20)17-31-18-30-24-8-3-4-9-25(24)31/h3-14,18-19,26,32H,15-17H2,1-2H3,(H2,28,29,33). The Morgan fingerprint density at radius 3 is 2.56 bits per heavy atom. The number of nitrogens with zero attached hydrogens (tertiary/aromatic N) is 2. The van der Waals surface area contributed by atoms with Crippen molar-refractivity contribution < 1.29 is 14.6 Å². The highest BCUT2D eigenvalue weighted by atomic mass is 16.5. The molecule has 0 spiro atoms. The van der Waals surface area contributed by atoms with Crippen LogP contribution in [0.1, 0.15) is 36.6 Å². The zero-order chi connectivity index (χ0) is 23.9. The third kappa shape index (κ3) is 6.14. The number of carbonyl (C=O) groups is 1. The van der Waals surface area contributed by atoms with Gasteiger partial charge in [-0.2, -0.15) is 0 Å².